The van der Waals surface area contributed by atoms with Crippen LogP contribution in [0, 0.1) is 0 Å². The molecule has 0 aliphatic rings. The minimum atomic E-state index is 1.09. The Bertz CT molecular complexity index is 1520. The van der Waals surface area contributed by atoms with Crippen LogP contribution in [-0.2, 0) is 0 Å². The molecule has 0 aliphatic heterocycles. The van der Waals surface area contributed by atoms with Crippen LogP contribution in [0.25, 0.3) is 11.1 Å². The molecule has 0 atom stereocenters. The first kappa shape index (κ1) is 26.6. The van der Waals surface area contributed by atoms with Crippen LogP contribution in [0.1, 0.15) is 11.1 Å². The minimum absolute atomic E-state index is 1.09. The molecule has 2 nitrogen and oxygen atoms in total. The van der Waals surface area contributed by atoms with Crippen molar-refractivity contribution in [3.63, 3.8) is 0 Å². The van der Waals surface area contributed by atoms with Crippen LogP contribution in [-0.4, -0.2) is 0 Å². The van der Waals surface area contributed by atoms with E-state index in [1.807, 2.05) is 0 Å². The second-order valence-electron chi connectivity index (χ2n) is 9.90. The van der Waals surface area contributed by atoms with E-state index in [1.165, 1.54) is 0 Å². The molecule has 0 heterocycles. The lowest BCUT2D eigenvalue weighted by molar-refractivity contribution is 1.27. The summed E-state index contributed by atoms with van der Waals surface area (Å²) in [7, 11) is 0. The van der Waals surface area contributed by atoms with E-state index in [9.17, 15) is 0 Å². The molecule has 0 saturated heterocycles. The van der Waals surface area contributed by atoms with Gasteiger partial charge in [-0.05, 0) is 59.7 Å². The number of hydrogen-bond acceptors (Lipinski definition) is 2. The van der Waals surface area contributed by atoms with E-state index in [1.54, 1.807) is 0 Å². The van der Waals surface area contributed by atoms with Crippen molar-refractivity contribution in [2.24, 2.45) is 0 Å². The molecule has 0 radical (unpaired) electrons. The first-order valence-electron chi connectivity index (χ1n) is 14.2. The van der Waals surface area contributed by atoms with Crippen LogP contribution >= 0.6 is 0 Å². The summed E-state index contributed by atoms with van der Waals surface area (Å²) in [5, 5.41) is 0. The summed E-state index contributed by atoms with van der Waals surface area (Å²) in [6, 6.07) is 63.4. The summed E-state index contributed by atoms with van der Waals surface area (Å²) >= 11 is 0. The van der Waals surface area contributed by atoms with Gasteiger partial charge in [-0.15, -0.1) is 0 Å². The topological polar surface area (TPSA) is 6.48 Å². The number of anilines is 4. The van der Waals surface area contributed by atoms with Crippen molar-refractivity contribution >= 4 is 33.9 Å². The zero-order chi connectivity index (χ0) is 28.4. The van der Waals surface area contributed by atoms with Crippen molar-refractivity contribution in [1.29, 1.82) is 0 Å². The van der Waals surface area contributed by atoms with E-state index < -0.39 is 0 Å². The molecule has 42 heavy (non-hydrogen) atoms. The Hall–Kier alpha value is -5.60. The quantitative estimate of drug-likeness (QED) is 0.168. The molecule has 0 spiro atoms. The van der Waals surface area contributed by atoms with Crippen molar-refractivity contribution in [1.82, 2.24) is 0 Å². The van der Waals surface area contributed by atoms with Gasteiger partial charge in [0.05, 0.1) is 0 Å². The number of nitrogens with zero attached hydrogens (tertiary/aromatic N) is 2. The molecule has 0 amide bonds. The number of benzene rings is 6. The van der Waals surface area contributed by atoms with E-state index in [2.05, 4.69) is 204 Å². The Morgan fingerprint density at radius 1 is 0.286 bits per heavy atom. The molecule has 202 valence electrons. The SMILES string of the molecule is C(=C(C(=CN(c1ccccc1)c1ccccc1)c1ccccc1)c1ccccc1)N(c1ccccc1)c1ccccc1. The highest BCUT2D eigenvalue weighted by Crippen LogP contribution is 2.38. The van der Waals surface area contributed by atoms with Gasteiger partial charge in [0, 0.05) is 46.3 Å². The van der Waals surface area contributed by atoms with E-state index in [0.717, 1.165) is 45.0 Å². The zero-order valence-corrected chi connectivity index (χ0v) is 23.4. The fraction of sp³-hybridized carbons (Fsp3) is 0. The highest BCUT2D eigenvalue weighted by Gasteiger charge is 2.18. The van der Waals surface area contributed by atoms with Gasteiger partial charge in [0.2, 0.25) is 0 Å². The molecule has 0 bridgehead atoms. The standard InChI is InChI=1S/C40H32N2/c1-7-19-33(20-8-1)39(31-41(35-23-11-3-12-24-35)36-25-13-4-14-26-36)40(34-21-9-2-10-22-34)32-42(37-27-15-5-16-28-37)38-29-17-6-18-30-38/h1-32H. The lowest BCUT2D eigenvalue weighted by Crippen LogP contribution is -2.13. The fourth-order valence-electron chi connectivity index (χ4n) is 5.04. The van der Waals surface area contributed by atoms with Crippen LogP contribution in [0.2, 0.25) is 0 Å². The maximum Gasteiger partial charge on any atom is 0.0455 e. The van der Waals surface area contributed by atoms with Crippen LogP contribution in [0.5, 0.6) is 0 Å². The third kappa shape index (κ3) is 6.24. The van der Waals surface area contributed by atoms with Crippen LogP contribution < -0.4 is 9.80 Å². The number of allylic oxidation sites excluding steroid dienone is 2. The molecule has 0 aliphatic carbocycles. The van der Waals surface area contributed by atoms with Gasteiger partial charge in [-0.25, -0.2) is 0 Å². The summed E-state index contributed by atoms with van der Waals surface area (Å²) in [6.45, 7) is 0. The van der Waals surface area contributed by atoms with Gasteiger partial charge in [-0.3, -0.25) is 0 Å². The summed E-state index contributed by atoms with van der Waals surface area (Å²) in [4.78, 5) is 4.54. The largest absolute Gasteiger partial charge is 0.317 e. The minimum Gasteiger partial charge on any atom is -0.317 e. The maximum atomic E-state index is 2.27. The summed E-state index contributed by atoms with van der Waals surface area (Å²) < 4.78 is 0. The third-order valence-corrected chi connectivity index (χ3v) is 7.11. The van der Waals surface area contributed by atoms with E-state index in [0.29, 0.717) is 0 Å². The molecular formula is C40H32N2. The Kier molecular flexibility index (Phi) is 8.34. The molecule has 6 rings (SSSR count). The zero-order valence-electron chi connectivity index (χ0n) is 23.4. The number of hydrogen-bond donors (Lipinski definition) is 0. The third-order valence-electron chi connectivity index (χ3n) is 7.11. The van der Waals surface area contributed by atoms with Crippen LogP contribution in [0.4, 0.5) is 22.7 Å². The Balaban J connectivity index is 1.63. The highest BCUT2D eigenvalue weighted by molar-refractivity contribution is 6.07. The van der Waals surface area contributed by atoms with Gasteiger partial charge in [0.15, 0.2) is 0 Å². The van der Waals surface area contributed by atoms with E-state index in [-0.39, 0.29) is 0 Å². The lowest BCUT2D eigenvalue weighted by atomic mass is 9.93. The molecule has 0 saturated carbocycles. The van der Waals surface area contributed by atoms with Gasteiger partial charge in [-0.1, -0.05) is 133 Å². The van der Waals surface area contributed by atoms with Crippen molar-refractivity contribution in [2.45, 2.75) is 0 Å². The second-order valence-corrected chi connectivity index (χ2v) is 9.90. The molecule has 0 N–H and O–H groups in total. The molecule has 6 aromatic carbocycles. The van der Waals surface area contributed by atoms with Gasteiger partial charge < -0.3 is 9.80 Å². The molecule has 0 unspecified atom stereocenters. The number of para-hydroxylation sites is 4. The van der Waals surface area contributed by atoms with Crippen molar-refractivity contribution < 1.29 is 0 Å². The molecule has 0 fully saturated rings. The maximum absolute atomic E-state index is 2.27. The van der Waals surface area contributed by atoms with Gasteiger partial charge in [0.1, 0.15) is 0 Å². The fourth-order valence-corrected chi connectivity index (χ4v) is 5.04. The summed E-state index contributed by atoms with van der Waals surface area (Å²) in [5.74, 6) is 0. The van der Waals surface area contributed by atoms with Gasteiger partial charge >= 0.3 is 0 Å². The molecule has 6 aromatic rings. The normalized spacial score (nSPS) is 11.6. The lowest BCUT2D eigenvalue weighted by Gasteiger charge is -2.27. The first-order chi connectivity index (χ1) is 20.9. The second kappa shape index (κ2) is 13.2. The van der Waals surface area contributed by atoms with Crippen molar-refractivity contribution in [3.8, 4) is 0 Å². The Morgan fingerprint density at radius 3 is 0.738 bits per heavy atom. The summed E-state index contributed by atoms with van der Waals surface area (Å²) in [5.41, 5.74) is 8.83. The Morgan fingerprint density at radius 2 is 0.500 bits per heavy atom. The highest BCUT2D eigenvalue weighted by atomic mass is 15.1. The molecular weight excluding hydrogens is 508 g/mol. The smallest absolute Gasteiger partial charge is 0.0455 e. The average Bonchev–Trinajstić information content (AvgIpc) is 3.09. The van der Waals surface area contributed by atoms with E-state index >= 15 is 0 Å². The van der Waals surface area contributed by atoms with Crippen LogP contribution in [0.15, 0.2) is 194 Å². The molecule has 2 heteroatoms. The van der Waals surface area contributed by atoms with Crippen LogP contribution in [0.3, 0.4) is 0 Å². The predicted molar refractivity (Wildman–Crippen MR) is 179 cm³/mol. The van der Waals surface area contributed by atoms with Crippen molar-refractivity contribution in [2.75, 3.05) is 9.80 Å². The Labute approximate surface area is 248 Å². The monoisotopic (exact) mass is 540 g/mol. The first-order valence-corrected chi connectivity index (χ1v) is 14.2. The van der Waals surface area contributed by atoms with Gasteiger partial charge in [-0.2, -0.15) is 0 Å². The van der Waals surface area contributed by atoms with Crippen molar-refractivity contribution in [3.05, 3.63) is 206 Å². The predicted octanol–water partition coefficient (Wildman–Crippen LogP) is 10.7. The summed E-state index contributed by atoms with van der Waals surface area (Å²) in [6.07, 6.45) is 4.54. The average molecular weight is 541 g/mol. The number of rotatable bonds is 9. The van der Waals surface area contributed by atoms with Gasteiger partial charge in [0.25, 0.3) is 0 Å². The van der Waals surface area contributed by atoms with E-state index in [4.69, 9.17) is 0 Å². The molecule has 0 aromatic heterocycles.